The van der Waals surface area contributed by atoms with Crippen LogP contribution in [0, 0.1) is 11.3 Å². The lowest BCUT2D eigenvalue weighted by Gasteiger charge is -2.06. The normalized spacial score (nSPS) is 12.0. The second kappa shape index (κ2) is 4.52. The molecule has 0 radical (unpaired) electrons. The number of ether oxygens (including phenoxy) is 1. The lowest BCUT2D eigenvalue weighted by Crippen LogP contribution is -2.16. The van der Waals surface area contributed by atoms with Crippen LogP contribution in [-0.4, -0.2) is 37.8 Å². The van der Waals surface area contributed by atoms with Gasteiger partial charge in [-0.15, -0.1) is 14.8 Å². The highest BCUT2D eigenvalue weighted by atomic mass is 16.5. The molecule has 0 spiro atoms. The van der Waals surface area contributed by atoms with Crippen LogP contribution in [0.2, 0.25) is 0 Å². The summed E-state index contributed by atoms with van der Waals surface area (Å²) in [4.78, 5) is 11.5. The number of nitrogens with zero attached hydrogens (tertiary/aromatic N) is 6. The number of esters is 1. The summed E-state index contributed by atoms with van der Waals surface area (Å²) in [5, 5.41) is 23.6. The molecule has 0 amide bonds. The van der Waals surface area contributed by atoms with Crippen molar-refractivity contribution in [1.82, 2.24) is 25.3 Å². The van der Waals surface area contributed by atoms with Gasteiger partial charge in [0.1, 0.15) is 0 Å². The first-order valence-electron chi connectivity index (χ1n) is 4.88. The van der Waals surface area contributed by atoms with Crippen LogP contribution in [0.3, 0.4) is 0 Å². The van der Waals surface area contributed by atoms with Gasteiger partial charge in [0.2, 0.25) is 0 Å². The number of tetrazole rings is 1. The van der Waals surface area contributed by atoms with Gasteiger partial charge in [-0.25, -0.2) is 0 Å². The summed E-state index contributed by atoms with van der Waals surface area (Å²) >= 11 is 0. The Morgan fingerprint density at radius 3 is 3.18 bits per heavy atom. The van der Waals surface area contributed by atoms with E-state index in [2.05, 4.69) is 20.6 Å². The average molecular weight is 232 g/mol. The molecule has 0 saturated carbocycles. The van der Waals surface area contributed by atoms with Gasteiger partial charge in [0, 0.05) is 0 Å². The monoisotopic (exact) mass is 232 g/mol. The Kier molecular flexibility index (Phi) is 2.91. The maximum atomic E-state index is 11.5. The lowest BCUT2D eigenvalue weighted by atomic mass is 10.1. The highest BCUT2D eigenvalue weighted by Gasteiger charge is 2.23. The number of rotatable bonds is 3. The fourth-order valence-electron chi connectivity index (χ4n) is 1.28. The van der Waals surface area contributed by atoms with Crippen molar-refractivity contribution in [2.75, 3.05) is 6.61 Å². The van der Waals surface area contributed by atoms with Crippen molar-refractivity contribution in [3.8, 4) is 6.07 Å². The van der Waals surface area contributed by atoms with Gasteiger partial charge in [0.05, 0.1) is 18.4 Å². The quantitative estimate of drug-likeness (QED) is 0.668. The van der Waals surface area contributed by atoms with Gasteiger partial charge in [0.25, 0.3) is 0 Å². The Labute approximate surface area is 95.8 Å². The number of fused-ring (bicyclic) bond motifs is 1. The van der Waals surface area contributed by atoms with Crippen LogP contribution in [-0.2, 0) is 9.53 Å². The molecular weight excluding hydrogens is 224 g/mol. The van der Waals surface area contributed by atoms with E-state index in [-0.39, 0.29) is 12.3 Å². The van der Waals surface area contributed by atoms with E-state index in [9.17, 15) is 4.79 Å². The summed E-state index contributed by atoms with van der Waals surface area (Å²) < 4.78 is 5.93. The minimum Gasteiger partial charge on any atom is -0.465 e. The zero-order valence-corrected chi connectivity index (χ0v) is 8.94. The van der Waals surface area contributed by atoms with Gasteiger partial charge in [0.15, 0.2) is 11.6 Å². The first-order valence-corrected chi connectivity index (χ1v) is 4.88. The highest BCUT2D eigenvalue weighted by Crippen LogP contribution is 2.14. The lowest BCUT2D eigenvalue weighted by molar-refractivity contribution is -0.143. The number of hydrogen-bond acceptors (Lipinski definition) is 7. The maximum Gasteiger partial charge on any atom is 0.329 e. The van der Waals surface area contributed by atoms with Crippen molar-refractivity contribution in [2.45, 2.75) is 12.8 Å². The SMILES string of the molecule is CCOC(=O)C(C#N)c1ccc2nnnn2n1. The maximum absolute atomic E-state index is 11.5. The largest absolute Gasteiger partial charge is 0.465 e. The van der Waals surface area contributed by atoms with E-state index in [1.165, 1.54) is 6.07 Å². The molecule has 0 aliphatic heterocycles. The number of carbonyl (C=O) groups excluding carboxylic acids is 1. The zero-order chi connectivity index (χ0) is 12.3. The Morgan fingerprint density at radius 2 is 2.47 bits per heavy atom. The van der Waals surface area contributed by atoms with Crippen LogP contribution in [0.5, 0.6) is 0 Å². The smallest absolute Gasteiger partial charge is 0.329 e. The Morgan fingerprint density at radius 1 is 1.65 bits per heavy atom. The molecule has 17 heavy (non-hydrogen) atoms. The third-order valence-electron chi connectivity index (χ3n) is 2.04. The van der Waals surface area contributed by atoms with Gasteiger partial charge in [-0.1, -0.05) is 0 Å². The van der Waals surface area contributed by atoms with Gasteiger partial charge in [-0.05, 0) is 29.5 Å². The second-order valence-corrected chi connectivity index (χ2v) is 3.10. The Hall–Kier alpha value is -2.56. The molecular formula is C9H8N6O2. The van der Waals surface area contributed by atoms with Crippen LogP contribution < -0.4 is 0 Å². The fraction of sp³-hybridized carbons (Fsp3) is 0.333. The predicted molar refractivity (Wildman–Crippen MR) is 53.6 cm³/mol. The van der Waals surface area contributed by atoms with E-state index in [1.807, 2.05) is 6.07 Å². The summed E-state index contributed by atoms with van der Waals surface area (Å²) in [6, 6.07) is 4.94. The zero-order valence-electron chi connectivity index (χ0n) is 8.94. The standard InChI is InChI=1S/C9H8N6O2/c1-2-17-9(16)6(5-10)7-3-4-8-11-13-14-15(8)12-7/h3-4,6H,2H2,1H3. The number of hydrogen-bond donors (Lipinski definition) is 0. The molecule has 2 heterocycles. The number of nitriles is 1. The van der Waals surface area contributed by atoms with Crippen molar-refractivity contribution >= 4 is 11.6 Å². The third-order valence-corrected chi connectivity index (χ3v) is 2.04. The summed E-state index contributed by atoms with van der Waals surface area (Å²) in [5.41, 5.74) is 0.694. The molecule has 8 nitrogen and oxygen atoms in total. The molecule has 0 aliphatic carbocycles. The third kappa shape index (κ3) is 2.03. The van der Waals surface area contributed by atoms with Crippen molar-refractivity contribution in [3.63, 3.8) is 0 Å². The Bertz CT molecular complexity index is 586. The van der Waals surface area contributed by atoms with Crippen molar-refractivity contribution in [2.24, 2.45) is 0 Å². The van der Waals surface area contributed by atoms with Crippen LogP contribution in [0.15, 0.2) is 12.1 Å². The molecule has 1 atom stereocenters. The molecule has 86 valence electrons. The van der Waals surface area contributed by atoms with Crippen molar-refractivity contribution in [3.05, 3.63) is 17.8 Å². The Balaban J connectivity index is 2.36. The predicted octanol–water partition coefficient (Wildman–Crippen LogP) is -0.310. The molecule has 0 aliphatic rings. The van der Waals surface area contributed by atoms with Gasteiger partial charge in [-0.3, -0.25) is 4.79 Å². The van der Waals surface area contributed by atoms with Gasteiger partial charge in [-0.2, -0.15) is 5.26 Å². The number of carbonyl (C=O) groups is 1. The molecule has 2 aromatic rings. The number of aromatic nitrogens is 5. The van der Waals surface area contributed by atoms with E-state index in [0.717, 1.165) is 4.63 Å². The first kappa shape index (κ1) is 10.9. The molecule has 8 heteroatoms. The molecule has 2 aromatic heterocycles. The van der Waals surface area contributed by atoms with Crippen molar-refractivity contribution < 1.29 is 9.53 Å². The summed E-state index contributed by atoms with van der Waals surface area (Å²) in [6.45, 7) is 1.88. The van der Waals surface area contributed by atoms with Gasteiger partial charge >= 0.3 is 5.97 Å². The second-order valence-electron chi connectivity index (χ2n) is 3.10. The van der Waals surface area contributed by atoms with Crippen LogP contribution in [0.4, 0.5) is 0 Å². The fourth-order valence-corrected chi connectivity index (χ4v) is 1.28. The summed E-state index contributed by atoms with van der Waals surface area (Å²) in [5.74, 6) is -1.70. The molecule has 1 unspecified atom stereocenters. The molecule has 0 fully saturated rings. The minimum absolute atomic E-state index is 0.212. The highest BCUT2D eigenvalue weighted by molar-refractivity contribution is 5.80. The molecule has 2 rings (SSSR count). The summed E-state index contributed by atoms with van der Waals surface area (Å²) in [6.07, 6.45) is 0. The summed E-state index contributed by atoms with van der Waals surface area (Å²) in [7, 11) is 0. The van der Waals surface area contributed by atoms with Crippen LogP contribution in [0.1, 0.15) is 18.5 Å². The van der Waals surface area contributed by atoms with Gasteiger partial charge < -0.3 is 4.74 Å². The molecule has 0 saturated heterocycles. The molecule has 0 N–H and O–H groups in total. The first-order chi connectivity index (χ1) is 8.26. The van der Waals surface area contributed by atoms with Crippen LogP contribution >= 0.6 is 0 Å². The van der Waals surface area contributed by atoms with Crippen LogP contribution in [0.25, 0.3) is 5.65 Å². The topological polar surface area (TPSA) is 106 Å². The van der Waals surface area contributed by atoms with E-state index in [4.69, 9.17) is 10.00 Å². The van der Waals surface area contributed by atoms with E-state index >= 15 is 0 Å². The average Bonchev–Trinajstić information content (AvgIpc) is 2.77. The van der Waals surface area contributed by atoms with E-state index in [1.54, 1.807) is 13.0 Å². The molecule has 0 bridgehead atoms. The minimum atomic E-state index is -1.07. The van der Waals surface area contributed by atoms with E-state index in [0.29, 0.717) is 5.65 Å². The van der Waals surface area contributed by atoms with Crippen molar-refractivity contribution in [1.29, 1.82) is 5.26 Å². The van der Waals surface area contributed by atoms with E-state index < -0.39 is 11.9 Å². The molecule has 0 aromatic carbocycles.